The number of rotatable bonds is 8. The van der Waals surface area contributed by atoms with Gasteiger partial charge in [0.05, 0.1) is 11.8 Å². The molecule has 1 unspecified atom stereocenters. The van der Waals surface area contributed by atoms with Gasteiger partial charge in [0, 0.05) is 64.2 Å². The van der Waals surface area contributed by atoms with Crippen molar-refractivity contribution in [3.63, 3.8) is 0 Å². The topological polar surface area (TPSA) is 80.2 Å². The molecule has 1 aliphatic heterocycles. The van der Waals surface area contributed by atoms with E-state index in [1.54, 1.807) is 12.4 Å². The highest BCUT2D eigenvalue weighted by atomic mass is 16.5. The van der Waals surface area contributed by atoms with Gasteiger partial charge in [0.2, 0.25) is 11.9 Å². The van der Waals surface area contributed by atoms with Crippen LogP contribution in [0.5, 0.6) is 0 Å². The van der Waals surface area contributed by atoms with Crippen molar-refractivity contribution in [2.45, 2.75) is 38.2 Å². The van der Waals surface area contributed by atoms with Gasteiger partial charge in [-0.05, 0) is 37.0 Å². The van der Waals surface area contributed by atoms with Crippen LogP contribution < -0.4 is 10.2 Å². The molecule has 3 heterocycles. The number of anilines is 1. The second-order valence-electron chi connectivity index (χ2n) is 6.93. The van der Waals surface area contributed by atoms with E-state index in [-0.39, 0.29) is 12.0 Å². The Morgan fingerprint density at radius 3 is 2.85 bits per heavy atom. The molecular weight excluding hydrogens is 342 g/mol. The van der Waals surface area contributed by atoms with Crippen LogP contribution in [0, 0.1) is 0 Å². The van der Waals surface area contributed by atoms with Crippen LogP contribution in [0.4, 0.5) is 5.95 Å². The number of amides is 1. The SMILES string of the molecule is CN(C)c1ncc(-c2ccncc2)c(CCNC(=O)CCC2CCCO2)n1. The monoisotopic (exact) mass is 369 g/mol. The van der Waals surface area contributed by atoms with Gasteiger partial charge in [-0.15, -0.1) is 0 Å². The van der Waals surface area contributed by atoms with E-state index in [1.165, 1.54) is 0 Å². The summed E-state index contributed by atoms with van der Waals surface area (Å²) >= 11 is 0. The van der Waals surface area contributed by atoms with Gasteiger partial charge in [0.15, 0.2) is 0 Å². The first kappa shape index (κ1) is 19.2. The van der Waals surface area contributed by atoms with Gasteiger partial charge in [0.1, 0.15) is 0 Å². The Balaban J connectivity index is 1.60. The second-order valence-corrected chi connectivity index (χ2v) is 6.93. The summed E-state index contributed by atoms with van der Waals surface area (Å²) in [6, 6.07) is 3.88. The molecule has 1 aliphatic rings. The zero-order chi connectivity index (χ0) is 19.1. The summed E-state index contributed by atoms with van der Waals surface area (Å²) in [5, 5.41) is 3.00. The number of carbonyl (C=O) groups is 1. The lowest BCUT2D eigenvalue weighted by molar-refractivity contribution is -0.121. The molecule has 0 saturated carbocycles. The average Bonchev–Trinajstić information content (AvgIpc) is 3.20. The van der Waals surface area contributed by atoms with Crippen molar-refractivity contribution in [1.82, 2.24) is 20.3 Å². The molecule has 1 N–H and O–H groups in total. The van der Waals surface area contributed by atoms with Crippen molar-refractivity contribution in [3.8, 4) is 11.1 Å². The number of ether oxygens (including phenoxy) is 1. The van der Waals surface area contributed by atoms with Gasteiger partial charge in [-0.25, -0.2) is 9.97 Å². The first-order valence-electron chi connectivity index (χ1n) is 9.45. The predicted octanol–water partition coefficient (Wildman–Crippen LogP) is 2.22. The normalized spacial score (nSPS) is 16.3. The first-order chi connectivity index (χ1) is 13.1. The van der Waals surface area contributed by atoms with Crippen molar-refractivity contribution in [3.05, 3.63) is 36.4 Å². The minimum Gasteiger partial charge on any atom is -0.378 e. The molecule has 1 amide bonds. The van der Waals surface area contributed by atoms with Gasteiger partial charge in [0.25, 0.3) is 0 Å². The molecule has 0 aromatic carbocycles. The number of pyridine rings is 1. The Labute approximate surface area is 160 Å². The van der Waals surface area contributed by atoms with Gasteiger partial charge in [-0.1, -0.05) is 0 Å². The number of carbonyl (C=O) groups excluding carboxylic acids is 1. The van der Waals surface area contributed by atoms with Crippen LogP contribution >= 0.6 is 0 Å². The summed E-state index contributed by atoms with van der Waals surface area (Å²) in [7, 11) is 3.83. The van der Waals surface area contributed by atoms with E-state index in [9.17, 15) is 4.79 Å². The maximum atomic E-state index is 12.1. The largest absolute Gasteiger partial charge is 0.378 e. The van der Waals surface area contributed by atoms with Crippen LogP contribution in [0.2, 0.25) is 0 Å². The zero-order valence-corrected chi connectivity index (χ0v) is 16.0. The lowest BCUT2D eigenvalue weighted by Gasteiger charge is -2.15. The predicted molar refractivity (Wildman–Crippen MR) is 105 cm³/mol. The molecule has 2 aromatic heterocycles. The molecular formula is C20H27N5O2. The molecule has 27 heavy (non-hydrogen) atoms. The van der Waals surface area contributed by atoms with Crippen LogP contribution in [0.25, 0.3) is 11.1 Å². The summed E-state index contributed by atoms with van der Waals surface area (Å²) < 4.78 is 5.57. The molecule has 7 nitrogen and oxygen atoms in total. The standard InChI is InChI=1S/C20H27N5O2/c1-25(2)20-23-14-17(15-7-10-21-11-8-15)18(24-20)9-12-22-19(26)6-5-16-4-3-13-27-16/h7-8,10-11,14,16H,3-6,9,12-13H2,1-2H3,(H,22,26). The van der Waals surface area contributed by atoms with E-state index in [1.807, 2.05) is 37.3 Å². The highest BCUT2D eigenvalue weighted by Gasteiger charge is 2.17. The van der Waals surface area contributed by atoms with E-state index in [0.29, 0.717) is 25.3 Å². The van der Waals surface area contributed by atoms with Crippen LogP contribution in [-0.2, 0) is 16.0 Å². The summed E-state index contributed by atoms with van der Waals surface area (Å²) in [5.41, 5.74) is 2.91. The molecule has 1 saturated heterocycles. The Hall–Kier alpha value is -2.54. The molecule has 7 heteroatoms. The van der Waals surface area contributed by atoms with Crippen molar-refractivity contribution in [1.29, 1.82) is 0 Å². The van der Waals surface area contributed by atoms with Crippen molar-refractivity contribution < 1.29 is 9.53 Å². The van der Waals surface area contributed by atoms with Crippen LogP contribution in [0.1, 0.15) is 31.4 Å². The third kappa shape index (κ3) is 5.47. The Bertz CT molecular complexity index is 745. The minimum atomic E-state index is 0.0675. The average molecular weight is 369 g/mol. The van der Waals surface area contributed by atoms with Gasteiger partial charge < -0.3 is 15.0 Å². The number of aromatic nitrogens is 3. The molecule has 0 spiro atoms. The van der Waals surface area contributed by atoms with Crippen LogP contribution in [0.15, 0.2) is 30.7 Å². The van der Waals surface area contributed by atoms with Crippen molar-refractivity contribution in [2.75, 3.05) is 32.1 Å². The molecule has 3 rings (SSSR count). The Kier molecular flexibility index (Phi) is 6.70. The smallest absolute Gasteiger partial charge is 0.225 e. The lowest BCUT2D eigenvalue weighted by Crippen LogP contribution is -2.27. The van der Waals surface area contributed by atoms with Gasteiger partial charge >= 0.3 is 0 Å². The number of hydrogen-bond acceptors (Lipinski definition) is 6. The van der Waals surface area contributed by atoms with Crippen LogP contribution in [-0.4, -0.2) is 54.2 Å². The molecule has 1 fully saturated rings. The summed E-state index contributed by atoms with van der Waals surface area (Å²) in [6.07, 6.45) is 9.72. The molecule has 144 valence electrons. The van der Waals surface area contributed by atoms with E-state index in [0.717, 1.165) is 42.7 Å². The highest BCUT2D eigenvalue weighted by Crippen LogP contribution is 2.23. The number of hydrogen-bond donors (Lipinski definition) is 1. The van der Waals surface area contributed by atoms with E-state index < -0.39 is 0 Å². The Morgan fingerprint density at radius 2 is 2.15 bits per heavy atom. The molecule has 2 aromatic rings. The minimum absolute atomic E-state index is 0.0675. The first-order valence-corrected chi connectivity index (χ1v) is 9.45. The van der Waals surface area contributed by atoms with E-state index >= 15 is 0 Å². The fourth-order valence-corrected chi connectivity index (χ4v) is 3.16. The Morgan fingerprint density at radius 1 is 1.33 bits per heavy atom. The maximum Gasteiger partial charge on any atom is 0.225 e. The van der Waals surface area contributed by atoms with Crippen molar-refractivity contribution in [2.24, 2.45) is 0 Å². The van der Waals surface area contributed by atoms with Gasteiger partial charge in [-0.3, -0.25) is 9.78 Å². The second kappa shape index (κ2) is 9.41. The molecule has 0 bridgehead atoms. The third-order valence-electron chi connectivity index (χ3n) is 4.65. The summed E-state index contributed by atoms with van der Waals surface area (Å²) in [6.45, 7) is 1.37. The lowest BCUT2D eigenvalue weighted by atomic mass is 10.1. The van der Waals surface area contributed by atoms with Crippen molar-refractivity contribution >= 4 is 11.9 Å². The fourth-order valence-electron chi connectivity index (χ4n) is 3.16. The van der Waals surface area contributed by atoms with Gasteiger partial charge in [-0.2, -0.15) is 0 Å². The quantitative estimate of drug-likeness (QED) is 0.769. The molecule has 1 atom stereocenters. The zero-order valence-electron chi connectivity index (χ0n) is 16.0. The molecule has 0 radical (unpaired) electrons. The summed E-state index contributed by atoms with van der Waals surface area (Å²) in [5.74, 6) is 0.727. The highest BCUT2D eigenvalue weighted by molar-refractivity contribution is 5.76. The number of nitrogens with zero attached hydrogens (tertiary/aromatic N) is 4. The number of nitrogens with one attached hydrogen (secondary N) is 1. The summed E-state index contributed by atoms with van der Waals surface area (Å²) in [4.78, 5) is 27.2. The van der Waals surface area contributed by atoms with Crippen LogP contribution in [0.3, 0.4) is 0 Å². The fraction of sp³-hybridized carbons (Fsp3) is 0.500. The molecule has 0 aliphatic carbocycles. The third-order valence-corrected chi connectivity index (χ3v) is 4.65. The van der Waals surface area contributed by atoms with E-state index in [4.69, 9.17) is 4.74 Å². The maximum absolute atomic E-state index is 12.1. The van der Waals surface area contributed by atoms with E-state index in [2.05, 4.69) is 20.3 Å².